The van der Waals surface area contributed by atoms with E-state index in [0.717, 1.165) is 11.3 Å². The van der Waals surface area contributed by atoms with E-state index in [1.54, 1.807) is 32.9 Å². The first-order valence-electron chi connectivity index (χ1n) is 9.09. The van der Waals surface area contributed by atoms with Gasteiger partial charge in [-0.05, 0) is 44.9 Å². The normalized spacial score (nSPS) is 10.7. The molecule has 0 bridgehead atoms. The molecule has 1 N–H and O–H groups in total. The maximum atomic E-state index is 13.8. The van der Waals surface area contributed by atoms with Gasteiger partial charge in [0.15, 0.2) is 17.2 Å². The number of nitrogens with zero attached hydrogens (tertiary/aromatic N) is 1. The number of nitrogens with one attached hydrogen (secondary N) is 1. The maximum absolute atomic E-state index is 13.8. The van der Waals surface area contributed by atoms with Crippen LogP contribution in [0.25, 0.3) is 11.3 Å². The number of anilines is 1. The maximum Gasteiger partial charge on any atom is 0.341 e. The molecule has 7 nitrogen and oxygen atoms in total. The summed E-state index contributed by atoms with van der Waals surface area (Å²) in [5.74, 6) is -1.69. The first-order valence-corrected chi connectivity index (χ1v) is 9.90. The third-order valence-corrected chi connectivity index (χ3v) is 5.68. The van der Waals surface area contributed by atoms with Crippen LogP contribution in [0.5, 0.6) is 0 Å². The Morgan fingerprint density at radius 3 is 2.60 bits per heavy atom. The van der Waals surface area contributed by atoms with Gasteiger partial charge in [0.05, 0.1) is 17.0 Å². The fourth-order valence-corrected chi connectivity index (χ4v) is 3.90. The summed E-state index contributed by atoms with van der Waals surface area (Å²) in [6, 6.07) is 5.91. The number of benzene rings is 1. The molecule has 0 unspecified atom stereocenters. The largest absolute Gasteiger partial charge is 0.462 e. The lowest BCUT2D eigenvalue weighted by Crippen LogP contribution is -2.15. The topological polar surface area (TPSA) is 98.5 Å². The Kier molecular flexibility index (Phi) is 6.12. The molecule has 3 rings (SSSR count). The van der Waals surface area contributed by atoms with Gasteiger partial charge in [0, 0.05) is 11.6 Å². The number of rotatable bonds is 6. The smallest absolute Gasteiger partial charge is 0.341 e. The van der Waals surface area contributed by atoms with Crippen molar-refractivity contribution >= 4 is 34.0 Å². The molecule has 0 atom stereocenters. The Morgan fingerprint density at radius 1 is 1.23 bits per heavy atom. The number of Topliss-reactive ketones (excluding diaryl/α,β-unsaturated/α-hetero) is 1. The van der Waals surface area contributed by atoms with Crippen LogP contribution in [-0.2, 0) is 4.74 Å². The van der Waals surface area contributed by atoms with E-state index in [9.17, 15) is 18.8 Å². The number of ketones is 1. The molecule has 0 aliphatic heterocycles. The monoisotopic (exact) mass is 430 g/mol. The van der Waals surface area contributed by atoms with E-state index >= 15 is 0 Å². The molecular formula is C21H19FN2O5S. The van der Waals surface area contributed by atoms with Gasteiger partial charge in [-0.3, -0.25) is 9.59 Å². The van der Waals surface area contributed by atoms with Crippen LogP contribution < -0.4 is 5.32 Å². The molecule has 2 aromatic heterocycles. The fourth-order valence-electron chi connectivity index (χ4n) is 2.82. The minimum Gasteiger partial charge on any atom is -0.462 e. The van der Waals surface area contributed by atoms with Gasteiger partial charge in [0.2, 0.25) is 0 Å². The van der Waals surface area contributed by atoms with Crippen LogP contribution in [0.4, 0.5) is 9.39 Å². The first kappa shape index (κ1) is 21.4. The molecule has 156 valence electrons. The second kappa shape index (κ2) is 8.58. The number of amides is 1. The van der Waals surface area contributed by atoms with E-state index in [-0.39, 0.29) is 34.4 Å². The number of halogens is 1. The Balaban J connectivity index is 1.90. The molecule has 0 aliphatic carbocycles. The first-order chi connectivity index (χ1) is 14.2. The molecule has 30 heavy (non-hydrogen) atoms. The zero-order chi connectivity index (χ0) is 22.0. The molecular weight excluding hydrogens is 411 g/mol. The number of carbonyl (C=O) groups is 3. The summed E-state index contributed by atoms with van der Waals surface area (Å²) in [7, 11) is 0. The fraction of sp³-hybridized carbons (Fsp3) is 0.238. The Labute approximate surface area is 175 Å². The van der Waals surface area contributed by atoms with E-state index in [4.69, 9.17) is 9.26 Å². The molecule has 2 heterocycles. The SMILES string of the molecule is CCOC(=O)c1c(NC(=O)c2cc(-c3ccc(C)c(F)c3)on2)sc(C(C)=O)c1C. The van der Waals surface area contributed by atoms with Crippen molar-refractivity contribution in [3.05, 3.63) is 57.3 Å². The number of aryl methyl sites for hydroxylation is 1. The molecule has 0 saturated heterocycles. The molecule has 0 saturated carbocycles. The highest BCUT2D eigenvalue weighted by Gasteiger charge is 2.26. The quantitative estimate of drug-likeness (QED) is 0.446. The average Bonchev–Trinajstić information content (AvgIpc) is 3.29. The van der Waals surface area contributed by atoms with Gasteiger partial charge >= 0.3 is 5.97 Å². The van der Waals surface area contributed by atoms with Gasteiger partial charge < -0.3 is 14.6 Å². The summed E-state index contributed by atoms with van der Waals surface area (Å²) in [6.07, 6.45) is 0. The summed E-state index contributed by atoms with van der Waals surface area (Å²) < 4.78 is 24.0. The van der Waals surface area contributed by atoms with Crippen molar-refractivity contribution in [2.24, 2.45) is 0 Å². The number of ether oxygens (including phenoxy) is 1. The molecule has 1 aromatic carbocycles. The molecule has 9 heteroatoms. The minimum absolute atomic E-state index is 0.0591. The molecule has 3 aromatic rings. The Bertz CT molecular complexity index is 1150. The third-order valence-electron chi connectivity index (χ3n) is 4.37. The highest BCUT2D eigenvalue weighted by molar-refractivity contribution is 7.18. The molecule has 0 fully saturated rings. The number of hydrogen-bond donors (Lipinski definition) is 1. The lowest BCUT2D eigenvalue weighted by Gasteiger charge is -2.05. The number of hydrogen-bond acceptors (Lipinski definition) is 7. The van der Waals surface area contributed by atoms with Crippen molar-refractivity contribution < 1.29 is 28.0 Å². The van der Waals surface area contributed by atoms with Gasteiger partial charge in [0.25, 0.3) is 5.91 Å². The van der Waals surface area contributed by atoms with Gasteiger partial charge in [-0.25, -0.2) is 9.18 Å². The molecule has 0 spiro atoms. The van der Waals surface area contributed by atoms with Gasteiger partial charge in [-0.2, -0.15) is 0 Å². The second-order valence-corrected chi connectivity index (χ2v) is 7.55. The van der Waals surface area contributed by atoms with Crippen LogP contribution in [0.1, 0.15) is 55.5 Å². The highest BCUT2D eigenvalue weighted by atomic mass is 32.1. The van der Waals surface area contributed by atoms with Crippen molar-refractivity contribution in [3.8, 4) is 11.3 Å². The van der Waals surface area contributed by atoms with Gasteiger partial charge in [-0.1, -0.05) is 17.3 Å². The molecule has 0 aliphatic rings. The van der Waals surface area contributed by atoms with E-state index in [1.807, 2.05) is 0 Å². The molecule has 0 radical (unpaired) electrons. The van der Waals surface area contributed by atoms with Crippen LogP contribution in [0.3, 0.4) is 0 Å². The third kappa shape index (κ3) is 4.16. The lowest BCUT2D eigenvalue weighted by molar-refractivity contribution is 0.0527. The predicted molar refractivity (Wildman–Crippen MR) is 110 cm³/mol. The van der Waals surface area contributed by atoms with Gasteiger partial charge in [0.1, 0.15) is 10.8 Å². The standard InChI is InChI=1S/C21H19FN2O5S/c1-5-28-21(27)17-11(3)18(12(4)25)30-20(17)23-19(26)15-9-16(29-24-15)13-7-6-10(2)14(22)8-13/h6-9H,5H2,1-4H3,(H,23,26). The molecule has 1 amide bonds. The van der Waals surface area contributed by atoms with Crippen molar-refractivity contribution in [1.82, 2.24) is 5.16 Å². The number of aromatic nitrogens is 1. The van der Waals surface area contributed by atoms with Gasteiger partial charge in [-0.15, -0.1) is 11.3 Å². The van der Waals surface area contributed by atoms with Crippen molar-refractivity contribution in [2.45, 2.75) is 27.7 Å². The van der Waals surface area contributed by atoms with Crippen molar-refractivity contribution in [3.63, 3.8) is 0 Å². The Hall–Kier alpha value is -3.33. The zero-order valence-corrected chi connectivity index (χ0v) is 17.6. The van der Waals surface area contributed by atoms with E-state index in [1.165, 1.54) is 19.1 Å². The van der Waals surface area contributed by atoms with E-state index in [2.05, 4.69) is 10.5 Å². The number of esters is 1. The van der Waals surface area contributed by atoms with E-state index in [0.29, 0.717) is 21.6 Å². The van der Waals surface area contributed by atoms with E-state index < -0.39 is 17.7 Å². The highest BCUT2D eigenvalue weighted by Crippen LogP contribution is 2.34. The van der Waals surface area contributed by atoms with Crippen LogP contribution in [0.2, 0.25) is 0 Å². The summed E-state index contributed by atoms with van der Waals surface area (Å²) in [5.41, 5.74) is 1.43. The second-order valence-electron chi connectivity index (χ2n) is 6.53. The van der Waals surface area contributed by atoms with Crippen LogP contribution in [-0.4, -0.2) is 29.4 Å². The lowest BCUT2D eigenvalue weighted by atomic mass is 10.1. The number of thiophene rings is 1. The van der Waals surface area contributed by atoms with Crippen LogP contribution >= 0.6 is 11.3 Å². The van der Waals surface area contributed by atoms with Crippen LogP contribution in [0.15, 0.2) is 28.8 Å². The summed E-state index contributed by atoms with van der Waals surface area (Å²) in [5, 5.41) is 6.51. The van der Waals surface area contributed by atoms with Crippen molar-refractivity contribution in [1.29, 1.82) is 0 Å². The summed E-state index contributed by atoms with van der Waals surface area (Å²) in [4.78, 5) is 37.2. The number of carbonyl (C=O) groups excluding carboxylic acids is 3. The average molecular weight is 430 g/mol. The zero-order valence-electron chi connectivity index (χ0n) is 16.8. The predicted octanol–water partition coefficient (Wildman–Crippen LogP) is 4.79. The summed E-state index contributed by atoms with van der Waals surface area (Å²) in [6.45, 7) is 6.45. The Morgan fingerprint density at radius 2 is 1.97 bits per heavy atom. The minimum atomic E-state index is -0.639. The summed E-state index contributed by atoms with van der Waals surface area (Å²) >= 11 is 0.988. The van der Waals surface area contributed by atoms with Crippen molar-refractivity contribution in [2.75, 3.05) is 11.9 Å². The van der Waals surface area contributed by atoms with Crippen LogP contribution in [0, 0.1) is 19.7 Å².